The average Bonchev–Trinajstić information content (AvgIpc) is 2.37. The topological polar surface area (TPSA) is 6.48 Å². The standard InChI is InChI=1S/C13H27BrN2/c1-12(5-7-14)6-10-16-9-4-8-15(3)11-13(16)2/h12-13H,4-11H2,1-3H3. The van der Waals surface area contributed by atoms with Crippen molar-refractivity contribution in [1.29, 1.82) is 0 Å². The highest BCUT2D eigenvalue weighted by molar-refractivity contribution is 9.09. The first-order valence-corrected chi connectivity index (χ1v) is 7.74. The molecule has 2 atom stereocenters. The summed E-state index contributed by atoms with van der Waals surface area (Å²) in [5.74, 6) is 0.854. The van der Waals surface area contributed by atoms with Crippen LogP contribution in [0.5, 0.6) is 0 Å². The monoisotopic (exact) mass is 290 g/mol. The largest absolute Gasteiger partial charge is 0.305 e. The number of alkyl halides is 1. The molecule has 1 aliphatic rings. The number of nitrogens with zero attached hydrogens (tertiary/aromatic N) is 2. The summed E-state index contributed by atoms with van der Waals surface area (Å²) < 4.78 is 0. The van der Waals surface area contributed by atoms with Crippen molar-refractivity contribution in [1.82, 2.24) is 9.80 Å². The van der Waals surface area contributed by atoms with Crippen LogP contribution in [0.4, 0.5) is 0 Å². The van der Waals surface area contributed by atoms with E-state index in [1.165, 1.54) is 45.4 Å². The molecule has 0 spiro atoms. The van der Waals surface area contributed by atoms with Crippen molar-refractivity contribution < 1.29 is 0 Å². The third-order valence-electron chi connectivity index (χ3n) is 3.70. The van der Waals surface area contributed by atoms with Crippen LogP contribution in [0.3, 0.4) is 0 Å². The molecule has 1 saturated heterocycles. The molecule has 0 bridgehead atoms. The third-order valence-corrected chi connectivity index (χ3v) is 4.15. The zero-order valence-corrected chi connectivity index (χ0v) is 12.7. The van der Waals surface area contributed by atoms with Gasteiger partial charge in [-0.25, -0.2) is 0 Å². The van der Waals surface area contributed by atoms with Crippen molar-refractivity contribution in [2.24, 2.45) is 5.92 Å². The van der Waals surface area contributed by atoms with Gasteiger partial charge in [-0.15, -0.1) is 0 Å². The predicted molar refractivity (Wildman–Crippen MR) is 75.3 cm³/mol. The number of hydrogen-bond acceptors (Lipinski definition) is 2. The highest BCUT2D eigenvalue weighted by Gasteiger charge is 2.19. The normalized spacial score (nSPS) is 26.6. The second-order valence-corrected chi connectivity index (χ2v) is 6.17. The molecule has 0 saturated carbocycles. The maximum atomic E-state index is 3.53. The highest BCUT2D eigenvalue weighted by atomic mass is 79.9. The van der Waals surface area contributed by atoms with E-state index in [-0.39, 0.29) is 0 Å². The van der Waals surface area contributed by atoms with Crippen LogP contribution in [0.15, 0.2) is 0 Å². The first kappa shape index (κ1) is 14.5. The van der Waals surface area contributed by atoms with Crippen LogP contribution in [0.1, 0.15) is 33.1 Å². The van der Waals surface area contributed by atoms with E-state index in [1.807, 2.05) is 0 Å². The second kappa shape index (κ2) is 7.67. The summed E-state index contributed by atoms with van der Waals surface area (Å²) in [6.45, 7) is 9.80. The van der Waals surface area contributed by atoms with E-state index in [4.69, 9.17) is 0 Å². The number of rotatable bonds is 5. The zero-order chi connectivity index (χ0) is 12.0. The summed E-state index contributed by atoms with van der Waals surface area (Å²) in [7, 11) is 2.24. The first-order valence-electron chi connectivity index (χ1n) is 6.62. The molecule has 0 aromatic heterocycles. The van der Waals surface area contributed by atoms with Crippen LogP contribution in [-0.4, -0.2) is 54.4 Å². The summed E-state index contributed by atoms with van der Waals surface area (Å²) >= 11 is 3.53. The Morgan fingerprint density at radius 2 is 2.06 bits per heavy atom. The van der Waals surface area contributed by atoms with Gasteiger partial charge in [-0.05, 0) is 58.8 Å². The van der Waals surface area contributed by atoms with Gasteiger partial charge in [-0.3, -0.25) is 4.90 Å². The van der Waals surface area contributed by atoms with Gasteiger partial charge in [-0.2, -0.15) is 0 Å². The molecule has 0 N–H and O–H groups in total. The zero-order valence-electron chi connectivity index (χ0n) is 11.1. The molecular formula is C13H27BrN2. The lowest BCUT2D eigenvalue weighted by atomic mass is 10.0. The highest BCUT2D eigenvalue weighted by Crippen LogP contribution is 2.14. The van der Waals surface area contributed by atoms with Gasteiger partial charge in [0.2, 0.25) is 0 Å². The van der Waals surface area contributed by atoms with Gasteiger partial charge in [0.1, 0.15) is 0 Å². The van der Waals surface area contributed by atoms with Crippen molar-refractivity contribution in [3.8, 4) is 0 Å². The van der Waals surface area contributed by atoms with E-state index in [2.05, 4.69) is 46.6 Å². The molecule has 3 heteroatoms. The number of hydrogen-bond donors (Lipinski definition) is 0. The van der Waals surface area contributed by atoms with Crippen LogP contribution in [-0.2, 0) is 0 Å². The van der Waals surface area contributed by atoms with E-state index in [1.54, 1.807) is 0 Å². The number of likely N-dealkylation sites (N-methyl/N-ethyl adjacent to an activating group) is 1. The van der Waals surface area contributed by atoms with Crippen LogP contribution in [0, 0.1) is 5.92 Å². The second-order valence-electron chi connectivity index (χ2n) is 5.37. The lowest BCUT2D eigenvalue weighted by molar-refractivity contribution is 0.191. The SMILES string of the molecule is CC(CCBr)CCN1CCCN(C)CC1C. The minimum atomic E-state index is 0.726. The van der Waals surface area contributed by atoms with Crippen LogP contribution in [0.2, 0.25) is 0 Å². The lowest BCUT2D eigenvalue weighted by Gasteiger charge is -2.28. The Labute approximate surface area is 109 Å². The molecule has 0 aromatic rings. The van der Waals surface area contributed by atoms with Crippen molar-refractivity contribution in [3.63, 3.8) is 0 Å². The van der Waals surface area contributed by atoms with Gasteiger partial charge < -0.3 is 4.90 Å². The van der Waals surface area contributed by atoms with Gasteiger partial charge in [0, 0.05) is 17.9 Å². The van der Waals surface area contributed by atoms with Crippen molar-refractivity contribution >= 4 is 15.9 Å². The molecule has 1 aliphatic heterocycles. The smallest absolute Gasteiger partial charge is 0.0194 e. The Kier molecular flexibility index (Phi) is 6.94. The van der Waals surface area contributed by atoms with Crippen LogP contribution < -0.4 is 0 Å². The van der Waals surface area contributed by atoms with Gasteiger partial charge in [0.05, 0.1) is 0 Å². The van der Waals surface area contributed by atoms with Crippen molar-refractivity contribution in [3.05, 3.63) is 0 Å². The Hall–Kier alpha value is 0.400. The van der Waals surface area contributed by atoms with E-state index in [9.17, 15) is 0 Å². The van der Waals surface area contributed by atoms with Gasteiger partial charge in [0.25, 0.3) is 0 Å². The van der Waals surface area contributed by atoms with E-state index in [0.29, 0.717) is 0 Å². The van der Waals surface area contributed by atoms with Crippen LogP contribution >= 0.6 is 15.9 Å². The molecule has 0 amide bonds. The molecule has 0 radical (unpaired) electrons. The molecule has 2 unspecified atom stereocenters. The fraction of sp³-hybridized carbons (Fsp3) is 1.00. The van der Waals surface area contributed by atoms with Gasteiger partial charge in [0.15, 0.2) is 0 Å². The third kappa shape index (κ3) is 5.15. The van der Waals surface area contributed by atoms with E-state index in [0.717, 1.165) is 17.3 Å². The summed E-state index contributed by atoms with van der Waals surface area (Å²) in [4.78, 5) is 5.14. The van der Waals surface area contributed by atoms with Gasteiger partial charge >= 0.3 is 0 Å². The Balaban J connectivity index is 2.29. The maximum Gasteiger partial charge on any atom is 0.0194 e. The molecule has 0 aliphatic carbocycles. The molecule has 0 aromatic carbocycles. The minimum Gasteiger partial charge on any atom is -0.305 e. The summed E-state index contributed by atoms with van der Waals surface area (Å²) in [6.07, 6.45) is 3.98. The Bertz CT molecular complexity index is 187. The molecule has 2 nitrogen and oxygen atoms in total. The first-order chi connectivity index (χ1) is 7.63. The summed E-state index contributed by atoms with van der Waals surface area (Å²) in [5.41, 5.74) is 0. The Morgan fingerprint density at radius 1 is 1.31 bits per heavy atom. The van der Waals surface area contributed by atoms with E-state index >= 15 is 0 Å². The molecule has 16 heavy (non-hydrogen) atoms. The molecular weight excluding hydrogens is 264 g/mol. The fourth-order valence-electron chi connectivity index (χ4n) is 2.47. The molecule has 1 fully saturated rings. The Morgan fingerprint density at radius 3 is 2.75 bits per heavy atom. The van der Waals surface area contributed by atoms with Gasteiger partial charge in [-0.1, -0.05) is 22.9 Å². The number of halogens is 1. The van der Waals surface area contributed by atoms with Crippen molar-refractivity contribution in [2.75, 3.05) is 38.6 Å². The molecule has 1 heterocycles. The van der Waals surface area contributed by atoms with Crippen molar-refractivity contribution in [2.45, 2.75) is 39.2 Å². The maximum absolute atomic E-state index is 3.53. The lowest BCUT2D eigenvalue weighted by Crippen LogP contribution is -2.38. The minimum absolute atomic E-state index is 0.726. The fourth-order valence-corrected chi connectivity index (χ4v) is 3.25. The molecule has 1 rings (SSSR count). The predicted octanol–water partition coefficient (Wildman–Crippen LogP) is 2.82. The quantitative estimate of drug-likeness (QED) is 0.719. The van der Waals surface area contributed by atoms with E-state index < -0.39 is 0 Å². The molecule has 96 valence electrons. The summed E-state index contributed by atoms with van der Waals surface area (Å²) in [5, 5.41) is 1.15. The average molecular weight is 291 g/mol. The summed E-state index contributed by atoms with van der Waals surface area (Å²) in [6, 6.07) is 0.726. The van der Waals surface area contributed by atoms with Crippen LogP contribution in [0.25, 0.3) is 0 Å².